The summed E-state index contributed by atoms with van der Waals surface area (Å²) in [6.45, 7) is 11.9. The van der Waals surface area contributed by atoms with Crippen LogP contribution in [0.15, 0.2) is 0 Å². The zero-order valence-corrected chi connectivity index (χ0v) is 66.8. The minimum absolute atomic E-state index is 0.104. The van der Waals surface area contributed by atoms with Crippen molar-refractivity contribution in [2.45, 2.75) is 433 Å². The first kappa shape index (κ1) is 97.1. The van der Waals surface area contributed by atoms with E-state index in [4.69, 9.17) is 37.0 Å². The average molecular weight is 1450 g/mol. The molecule has 0 aromatic heterocycles. The molecule has 0 aliphatic carbocycles. The number of unbranched alkanes of at least 4 members (excludes halogenated alkanes) is 45. The summed E-state index contributed by atoms with van der Waals surface area (Å²) in [7, 11) is -9.91. The molecule has 0 heterocycles. The Hall–Kier alpha value is -1.94. The Morgan fingerprint density at radius 2 is 0.515 bits per heavy atom. The first-order chi connectivity index (χ1) is 47.8. The second-order valence-electron chi connectivity index (χ2n) is 30.0. The lowest BCUT2D eigenvalue weighted by Gasteiger charge is -2.21. The van der Waals surface area contributed by atoms with E-state index in [9.17, 15) is 43.2 Å². The summed E-state index contributed by atoms with van der Waals surface area (Å²) in [5.41, 5.74) is 0. The van der Waals surface area contributed by atoms with Crippen molar-refractivity contribution in [3.8, 4) is 0 Å². The lowest BCUT2D eigenvalue weighted by atomic mass is 9.99. The number of hydrogen-bond donors (Lipinski definition) is 3. The molecule has 0 spiro atoms. The van der Waals surface area contributed by atoms with Crippen LogP contribution in [0.25, 0.3) is 0 Å². The van der Waals surface area contributed by atoms with Crippen molar-refractivity contribution in [2.75, 3.05) is 39.6 Å². The van der Waals surface area contributed by atoms with Crippen molar-refractivity contribution >= 4 is 39.5 Å². The molecule has 6 atom stereocenters. The highest BCUT2D eigenvalue weighted by atomic mass is 31.2. The second-order valence-corrected chi connectivity index (χ2v) is 32.9. The highest BCUT2D eigenvalue weighted by molar-refractivity contribution is 7.47. The van der Waals surface area contributed by atoms with Crippen LogP contribution in [0.5, 0.6) is 0 Å². The van der Waals surface area contributed by atoms with Crippen LogP contribution in [0.3, 0.4) is 0 Å². The Balaban J connectivity index is 5.11. The van der Waals surface area contributed by atoms with Gasteiger partial charge in [-0.25, -0.2) is 9.13 Å². The summed E-state index contributed by atoms with van der Waals surface area (Å²) >= 11 is 0. The molecule has 0 bridgehead atoms. The summed E-state index contributed by atoms with van der Waals surface area (Å²) in [5, 5.41) is 10.6. The van der Waals surface area contributed by atoms with Gasteiger partial charge >= 0.3 is 39.5 Å². The molecule has 3 unspecified atom stereocenters. The molecule has 0 aliphatic rings. The molecule has 588 valence electrons. The van der Waals surface area contributed by atoms with Gasteiger partial charge in [-0.1, -0.05) is 363 Å². The van der Waals surface area contributed by atoms with Gasteiger partial charge in [-0.05, 0) is 43.4 Å². The van der Waals surface area contributed by atoms with Gasteiger partial charge in [-0.2, -0.15) is 0 Å². The first-order valence-corrected chi connectivity index (χ1v) is 44.4. The van der Waals surface area contributed by atoms with Gasteiger partial charge in [-0.15, -0.1) is 0 Å². The second kappa shape index (κ2) is 70.4. The largest absolute Gasteiger partial charge is 0.472 e. The smallest absolute Gasteiger partial charge is 0.462 e. The van der Waals surface area contributed by atoms with Crippen molar-refractivity contribution in [1.82, 2.24) is 0 Å². The SMILES string of the molecule is CCCCCCCC(=O)OC[C@H](COP(=O)(O)OC[C@H](O)COP(=O)(O)OC[C@@H](COC(=O)CCCCCCCCCCCCCCCCCCCCC(C)C)OC(=O)CCCCCCCCCCCCCCCCCCCCC(C)C)OC(=O)CCCCCCCCCCC(C)CC. The Labute approximate surface area is 607 Å². The molecule has 19 heteroatoms. The van der Waals surface area contributed by atoms with Crippen molar-refractivity contribution in [1.29, 1.82) is 0 Å². The molecule has 17 nitrogen and oxygen atoms in total. The van der Waals surface area contributed by atoms with Crippen LogP contribution in [-0.4, -0.2) is 96.7 Å². The Morgan fingerprint density at radius 1 is 0.293 bits per heavy atom. The normalized spacial score (nSPS) is 14.3. The minimum Gasteiger partial charge on any atom is -0.462 e. The molecule has 0 saturated carbocycles. The van der Waals surface area contributed by atoms with Crippen LogP contribution < -0.4 is 0 Å². The topological polar surface area (TPSA) is 237 Å². The van der Waals surface area contributed by atoms with E-state index in [0.29, 0.717) is 25.7 Å². The molecular formula is C80H156O17P2. The summed E-state index contributed by atoms with van der Waals surface area (Å²) in [6, 6.07) is 0. The van der Waals surface area contributed by atoms with Crippen molar-refractivity contribution in [3.63, 3.8) is 0 Å². The number of ether oxygens (including phenoxy) is 4. The Kier molecular flexibility index (Phi) is 69.0. The number of aliphatic hydroxyl groups is 1. The molecule has 0 aromatic rings. The van der Waals surface area contributed by atoms with Gasteiger partial charge in [0.25, 0.3) is 0 Å². The van der Waals surface area contributed by atoms with E-state index >= 15 is 0 Å². The van der Waals surface area contributed by atoms with Crippen LogP contribution in [0.1, 0.15) is 414 Å². The third-order valence-corrected chi connectivity index (χ3v) is 20.9. The van der Waals surface area contributed by atoms with Crippen molar-refractivity contribution in [2.24, 2.45) is 17.8 Å². The van der Waals surface area contributed by atoms with E-state index in [1.54, 1.807) is 0 Å². The number of carbonyl (C=O) groups is 4. The van der Waals surface area contributed by atoms with Crippen LogP contribution in [-0.2, 0) is 65.4 Å². The zero-order chi connectivity index (χ0) is 73.0. The number of phosphoric acid groups is 2. The van der Waals surface area contributed by atoms with E-state index in [-0.39, 0.29) is 25.7 Å². The summed E-state index contributed by atoms with van der Waals surface area (Å²) < 4.78 is 68.4. The van der Waals surface area contributed by atoms with E-state index < -0.39 is 97.5 Å². The first-order valence-electron chi connectivity index (χ1n) is 41.4. The lowest BCUT2D eigenvalue weighted by molar-refractivity contribution is -0.161. The van der Waals surface area contributed by atoms with E-state index in [1.807, 2.05) is 0 Å². The predicted molar refractivity (Wildman–Crippen MR) is 405 cm³/mol. The maximum atomic E-state index is 13.1. The minimum atomic E-state index is -4.96. The highest BCUT2D eigenvalue weighted by Crippen LogP contribution is 2.45. The number of aliphatic hydroxyl groups excluding tert-OH is 1. The number of esters is 4. The number of carbonyl (C=O) groups excluding carboxylic acids is 4. The molecule has 0 aliphatic heterocycles. The fraction of sp³-hybridized carbons (Fsp3) is 0.950. The predicted octanol–water partition coefficient (Wildman–Crippen LogP) is 23.7. The maximum Gasteiger partial charge on any atom is 0.472 e. The van der Waals surface area contributed by atoms with Crippen LogP contribution in [0.2, 0.25) is 0 Å². The highest BCUT2D eigenvalue weighted by Gasteiger charge is 2.30. The van der Waals surface area contributed by atoms with Crippen molar-refractivity contribution in [3.05, 3.63) is 0 Å². The van der Waals surface area contributed by atoms with E-state index in [0.717, 1.165) is 114 Å². The van der Waals surface area contributed by atoms with Crippen LogP contribution in [0.4, 0.5) is 0 Å². The third kappa shape index (κ3) is 72.8. The zero-order valence-electron chi connectivity index (χ0n) is 65.0. The molecule has 0 aromatic carbocycles. The standard InChI is InChI=1S/C80H156O17P2/c1-8-10-11-44-54-61-77(82)90-67-75(96-80(85)64-57-50-43-37-36-40-47-53-60-73(7)9-2)69-94-98(86,87)92-65-74(81)66-93-99(88,89)95-70-76(97-79(84)63-56-49-42-35-31-27-23-19-15-13-17-21-25-29-33-39-46-52-59-72(5)6)68-91-78(83)62-55-48-41-34-30-26-22-18-14-12-16-20-24-28-32-38-45-51-58-71(3)4/h71-76,81H,8-70H2,1-7H3,(H,86,87)(H,88,89)/t73?,74-,75+,76+/m0/s1. The van der Waals surface area contributed by atoms with E-state index in [2.05, 4.69) is 48.5 Å². The molecule has 99 heavy (non-hydrogen) atoms. The molecule has 0 saturated heterocycles. The van der Waals surface area contributed by atoms with Gasteiger partial charge in [-0.3, -0.25) is 37.3 Å². The van der Waals surface area contributed by atoms with Crippen LogP contribution in [0, 0.1) is 17.8 Å². The molecule has 0 radical (unpaired) electrons. The quantitative estimate of drug-likeness (QED) is 0.0222. The van der Waals surface area contributed by atoms with Gasteiger partial charge in [0.05, 0.1) is 26.4 Å². The number of phosphoric ester groups is 2. The Bertz CT molecular complexity index is 1920. The number of rotatable bonds is 78. The third-order valence-electron chi connectivity index (χ3n) is 19.0. The molecular weight excluding hydrogens is 1290 g/mol. The van der Waals surface area contributed by atoms with Crippen LogP contribution >= 0.6 is 15.6 Å². The monoisotopic (exact) mass is 1450 g/mol. The fourth-order valence-electron chi connectivity index (χ4n) is 12.3. The molecule has 0 amide bonds. The van der Waals surface area contributed by atoms with Gasteiger partial charge in [0.2, 0.25) is 0 Å². The molecule has 3 N–H and O–H groups in total. The van der Waals surface area contributed by atoms with Gasteiger partial charge in [0.15, 0.2) is 12.2 Å². The maximum absolute atomic E-state index is 13.1. The van der Waals surface area contributed by atoms with E-state index in [1.165, 1.54) is 218 Å². The van der Waals surface area contributed by atoms with Gasteiger partial charge < -0.3 is 33.8 Å². The molecule has 0 rings (SSSR count). The van der Waals surface area contributed by atoms with Crippen molar-refractivity contribution < 1.29 is 80.2 Å². The van der Waals surface area contributed by atoms with Gasteiger partial charge in [0.1, 0.15) is 19.3 Å². The summed E-state index contributed by atoms with van der Waals surface area (Å²) in [6.07, 6.45) is 58.9. The summed E-state index contributed by atoms with van der Waals surface area (Å²) in [5.74, 6) is 0.287. The average Bonchev–Trinajstić information content (AvgIpc) is 0.958. The Morgan fingerprint density at radius 3 is 0.768 bits per heavy atom. The summed E-state index contributed by atoms with van der Waals surface area (Å²) in [4.78, 5) is 72.6. The number of hydrogen-bond acceptors (Lipinski definition) is 15. The molecule has 0 fully saturated rings. The van der Waals surface area contributed by atoms with Gasteiger partial charge in [0, 0.05) is 25.7 Å². The fourth-order valence-corrected chi connectivity index (χ4v) is 13.9. The lowest BCUT2D eigenvalue weighted by Crippen LogP contribution is -2.30.